The van der Waals surface area contributed by atoms with Crippen molar-refractivity contribution in [2.24, 2.45) is 5.73 Å². The second-order valence-electron chi connectivity index (χ2n) is 3.65. The molecule has 0 fully saturated rings. The van der Waals surface area contributed by atoms with Gasteiger partial charge in [-0.05, 0) is 40.0 Å². The van der Waals surface area contributed by atoms with E-state index < -0.39 is 0 Å². The Morgan fingerprint density at radius 2 is 2.25 bits per heavy atom. The molecule has 1 aromatic rings. The largest absolute Gasteiger partial charge is 0.496 e. The molecule has 1 aromatic carbocycles. The van der Waals surface area contributed by atoms with Gasteiger partial charge in [-0.25, -0.2) is 0 Å². The van der Waals surface area contributed by atoms with Crippen molar-refractivity contribution in [2.45, 2.75) is 25.1 Å². The zero-order valence-corrected chi connectivity index (χ0v) is 12.1. The molecule has 0 amide bonds. The third kappa shape index (κ3) is 4.36. The maximum Gasteiger partial charge on any atom is 0.133 e. The Balaban J connectivity index is 2.46. The van der Waals surface area contributed by atoms with Crippen molar-refractivity contribution in [2.75, 3.05) is 12.9 Å². The number of hydrogen-bond donors (Lipinski definition) is 1. The van der Waals surface area contributed by atoms with E-state index in [-0.39, 0.29) is 0 Å². The number of hydrogen-bond acceptors (Lipinski definition) is 3. The molecular weight excluding hydrogens is 286 g/mol. The van der Waals surface area contributed by atoms with Crippen LogP contribution in [0.5, 0.6) is 5.75 Å². The summed E-state index contributed by atoms with van der Waals surface area (Å²) < 4.78 is 6.19. The second-order valence-corrected chi connectivity index (χ2v) is 5.54. The molecule has 2 N–H and O–H groups in total. The van der Waals surface area contributed by atoms with E-state index in [0.717, 1.165) is 28.1 Å². The molecule has 1 atom stereocenters. The summed E-state index contributed by atoms with van der Waals surface area (Å²) in [7, 11) is 1.68. The van der Waals surface area contributed by atoms with Gasteiger partial charge in [-0.2, -0.15) is 11.8 Å². The van der Waals surface area contributed by atoms with Crippen LogP contribution in [0.2, 0.25) is 0 Å². The van der Waals surface area contributed by atoms with Crippen molar-refractivity contribution in [1.82, 2.24) is 0 Å². The van der Waals surface area contributed by atoms with Gasteiger partial charge in [0, 0.05) is 17.5 Å². The molecule has 2 nitrogen and oxygen atoms in total. The molecule has 0 aliphatic carbocycles. The predicted octanol–water partition coefficient (Wildman–Crippen LogP) is 3.43. The lowest BCUT2D eigenvalue weighted by molar-refractivity contribution is 0.412. The van der Waals surface area contributed by atoms with Crippen molar-refractivity contribution < 1.29 is 4.74 Å². The Kier molecular flexibility index (Phi) is 6.24. The fraction of sp³-hybridized carbons (Fsp3) is 0.500. The predicted molar refractivity (Wildman–Crippen MR) is 75.1 cm³/mol. The number of ether oxygens (including phenoxy) is 1. The van der Waals surface area contributed by atoms with Gasteiger partial charge in [0.15, 0.2) is 0 Å². The average molecular weight is 304 g/mol. The lowest BCUT2D eigenvalue weighted by atomic mass is 10.2. The molecule has 0 bridgehead atoms. The van der Waals surface area contributed by atoms with E-state index in [1.165, 1.54) is 5.56 Å². The summed E-state index contributed by atoms with van der Waals surface area (Å²) in [6, 6.07) is 6.49. The van der Waals surface area contributed by atoms with Crippen LogP contribution in [0.4, 0.5) is 0 Å². The summed E-state index contributed by atoms with van der Waals surface area (Å²) in [5.74, 6) is 2.88. The van der Waals surface area contributed by atoms with Crippen molar-refractivity contribution >= 4 is 27.7 Å². The molecule has 4 heteroatoms. The monoisotopic (exact) mass is 303 g/mol. The van der Waals surface area contributed by atoms with Crippen molar-refractivity contribution in [3.8, 4) is 5.75 Å². The van der Waals surface area contributed by atoms with Gasteiger partial charge in [-0.3, -0.25) is 0 Å². The van der Waals surface area contributed by atoms with Crippen molar-refractivity contribution in [3.63, 3.8) is 0 Å². The van der Waals surface area contributed by atoms with E-state index in [4.69, 9.17) is 10.5 Å². The molecule has 0 aliphatic rings. The summed E-state index contributed by atoms with van der Waals surface area (Å²) in [5, 5.41) is 0. The first-order valence-electron chi connectivity index (χ1n) is 5.33. The zero-order chi connectivity index (χ0) is 12.0. The first-order valence-corrected chi connectivity index (χ1v) is 7.27. The summed E-state index contributed by atoms with van der Waals surface area (Å²) in [6.45, 7) is 2.12. The number of nitrogens with two attached hydrogens (primary N) is 1. The second kappa shape index (κ2) is 7.20. The fourth-order valence-electron chi connectivity index (χ4n) is 1.25. The van der Waals surface area contributed by atoms with Crippen LogP contribution in [0.15, 0.2) is 22.7 Å². The van der Waals surface area contributed by atoms with E-state index in [9.17, 15) is 0 Å². The van der Waals surface area contributed by atoms with E-state index in [1.807, 2.05) is 17.8 Å². The standard InChI is InChI=1S/C12H18BrNOS/c1-3-10(14)8-16-7-9-4-5-12(15-2)11(13)6-9/h4-6,10H,3,7-8,14H2,1-2H3. The van der Waals surface area contributed by atoms with Gasteiger partial charge in [0.05, 0.1) is 11.6 Å². The summed E-state index contributed by atoms with van der Waals surface area (Å²) >= 11 is 5.36. The molecule has 0 aromatic heterocycles. The molecule has 0 spiro atoms. The Morgan fingerprint density at radius 1 is 1.50 bits per heavy atom. The van der Waals surface area contributed by atoms with Gasteiger partial charge in [0.25, 0.3) is 0 Å². The maximum absolute atomic E-state index is 5.86. The molecule has 1 unspecified atom stereocenters. The Bertz CT molecular complexity index is 333. The number of methoxy groups -OCH3 is 1. The van der Waals surface area contributed by atoms with Crippen LogP contribution in [0.1, 0.15) is 18.9 Å². The first kappa shape index (κ1) is 13.9. The normalized spacial score (nSPS) is 12.5. The van der Waals surface area contributed by atoms with Crippen LogP contribution in [-0.2, 0) is 5.75 Å². The SMILES string of the molecule is CCC(N)CSCc1ccc(OC)c(Br)c1. The summed E-state index contributed by atoms with van der Waals surface area (Å²) in [5.41, 5.74) is 7.16. The minimum absolute atomic E-state index is 0.312. The van der Waals surface area contributed by atoms with Gasteiger partial charge in [0.1, 0.15) is 5.75 Å². The third-order valence-electron chi connectivity index (χ3n) is 2.34. The lowest BCUT2D eigenvalue weighted by Crippen LogP contribution is -2.21. The van der Waals surface area contributed by atoms with E-state index >= 15 is 0 Å². The molecule has 0 radical (unpaired) electrons. The first-order chi connectivity index (χ1) is 7.67. The fourth-order valence-corrected chi connectivity index (χ4v) is 2.91. The van der Waals surface area contributed by atoms with Crippen LogP contribution >= 0.6 is 27.7 Å². The number of thioether (sulfide) groups is 1. The van der Waals surface area contributed by atoms with Gasteiger partial charge in [-0.15, -0.1) is 0 Å². The van der Waals surface area contributed by atoms with E-state index in [0.29, 0.717) is 6.04 Å². The minimum Gasteiger partial charge on any atom is -0.496 e. The van der Waals surface area contributed by atoms with Crippen LogP contribution in [0.25, 0.3) is 0 Å². The van der Waals surface area contributed by atoms with Crippen molar-refractivity contribution in [3.05, 3.63) is 28.2 Å². The average Bonchev–Trinajstić information content (AvgIpc) is 2.29. The number of benzene rings is 1. The maximum atomic E-state index is 5.86. The van der Waals surface area contributed by atoms with E-state index in [2.05, 4.69) is 35.0 Å². The molecule has 0 saturated carbocycles. The third-order valence-corrected chi connectivity index (χ3v) is 4.16. The lowest BCUT2D eigenvalue weighted by Gasteiger charge is -2.09. The van der Waals surface area contributed by atoms with E-state index in [1.54, 1.807) is 7.11 Å². The minimum atomic E-state index is 0.312. The topological polar surface area (TPSA) is 35.2 Å². The Morgan fingerprint density at radius 3 is 2.81 bits per heavy atom. The van der Waals surface area contributed by atoms with Crippen LogP contribution in [-0.4, -0.2) is 18.9 Å². The highest BCUT2D eigenvalue weighted by molar-refractivity contribution is 9.10. The molecule has 16 heavy (non-hydrogen) atoms. The molecule has 0 aliphatic heterocycles. The van der Waals surface area contributed by atoms with Gasteiger partial charge in [0.2, 0.25) is 0 Å². The van der Waals surface area contributed by atoms with Crippen LogP contribution in [0, 0.1) is 0 Å². The molecule has 90 valence electrons. The highest BCUT2D eigenvalue weighted by atomic mass is 79.9. The van der Waals surface area contributed by atoms with Crippen molar-refractivity contribution in [1.29, 1.82) is 0 Å². The van der Waals surface area contributed by atoms with Gasteiger partial charge >= 0.3 is 0 Å². The van der Waals surface area contributed by atoms with Crippen LogP contribution in [0.3, 0.4) is 0 Å². The molecule has 0 heterocycles. The number of rotatable bonds is 6. The Hall–Kier alpha value is -0.190. The van der Waals surface area contributed by atoms with Gasteiger partial charge < -0.3 is 10.5 Å². The van der Waals surface area contributed by atoms with Crippen LogP contribution < -0.4 is 10.5 Å². The number of halogens is 1. The van der Waals surface area contributed by atoms with Gasteiger partial charge in [-0.1, -0.05) is 13.0 Å². The smallest absolute Gasteiger partial charge is 0.133 e. The summed E-state index contributed by atoms with van der Waals surface area (Å²) in [6.07, 6.45) is 1.04. The Labute approximate surface area is 110 Å². The zero-order valence-electron chi connectivity index (χ0n) is 9.70. The summed E-state index contributed by atoms with van der Waals surface area (Å²) in [4.78, 5) is 0. The molecular formula is C12H18BrNOS. The quantitative estimate of drug-likeness (QED) is 0.874. The molecule has 1 rings (SSSR count). The molecule has 0 saturated heterocycles. The highest BCUT2D eigenvalue weighted by Crippen LogP contribution is 2.27. The highest BCUT2D eigenvalue weighted by Gasteiger charge is 2.03.